The number of fused-ring (bicyclic) bond motifs is 1. The molecule has 0 saturated carbocycles. The highest BCUT2D eigenvalue weighted by atomic mass is 16.7. The summed E-state index contributed by atoms with van der Waals surface area (Å²) in [5.74, 6) is 0.644. The smallest absolute Gasteiger partial charge is 0.335 e. The molecule has 0 aromatic heterocycles. The van der Waals surface area contributed by atoms with Crippen molar-refractivity contribution in [2.75, 3.05) is 26.2 Å². The van der Waals surface area contributed by atoms with Crippen LogP contribution in [-0.4, -0.2) is 38.2 Å². The number of carbonyl (C=O) groups excluding carboxylic acids is 2. The lowest BCUT2D eigenvalue weighted by Crippen LogP contribution is -2.33. The van der Waals surface area contributed by atoms with Crippen molar-refractivity contribution in [3.05, 3.63) is 53.1 Å². The van der Waals surface area contributed by atoms with E-state index in [-0.39, 0.29) is 13.2 Å². The van der Waals surface area contributed by atoms with Gasteiger partial charge in [-0.05, 0) is 36.2 Å². The molecule has 31 heavy (non-hydrogen) atoms. The number of hydrogen-bond acceptors (Lipinski definition) is 7. The number of nitrogens with one attached hydrogen (secondary N) is 2. The van der Waals surface area contributed by atoms with Crippen LogP contribution in [0.1, 0.15) is 36.5 Å². The summed E-state index contributed by atoms with van der Waals surface area (Å²) in [6, 6.07) is 10.1. The Balaban J connectivity index is 2.02. The number of anilines is 1. The Labute approximate surface area is 180 Å². The zero-order chi connectivity index (χ0) is 22.2. The van der Waals surface area contributed by atoms with Gasteiger partial charge in [0.1, 0.15) is 0 Å². The van der Waals surface area contributed by atoms with Gasteiger partial charge in [0, 0.05) is 23.4 Å². The van der Waals surface area contributed by atoms with Crippen LogP contribution in [0.4, 0.5) is 10.5 Å². The first-order chi connectivity index (χ1) is 15.0. The van der Waals surface area contributed by atoms with E-state index in [2.05, 4.69) is 15.8 Å². The molecule has 0 unspecified atom stereocenters. The Morgan fingerprint density at radius 2 is 1.87 bits per heavy atom. The van der Waals surface area contributed by atoms with Crippen LogP contribution in [0.25, 0.3) is 0 Å². The first-order valence-electron chi connectivity index (χ1n) is 9.99. The third kappa shape index (κ3) is 5.65. The van der Waals surface area contributed by atoms with Crippen molar-refractivity contribution in [2.24, 2.45) is 5.10 Å². The molecule has 0 fully saturated rings. The first-order valence-corrected chi connectivity index (χ1v) is 9.99. The lowest BCUT2D eigenvalue weighted by atomic mass is 9.95. The standard InChI is InChI=1S/C22H26N4O5/c1-3-4-9-24-22(28)26-25-21(14-5-7-16(23)8-6-14)17-12-19-18(30-13-31-19)10-15(17)11-20(27)29-2/h5-8,10,12H,3-4,9,11,13,23H2,1-2H3,(H2,24,26,28)/b25-21+. The fourth-order valence-electron chi connectivity index (χ4n) is 3.02. The van der Waals surface area contributed by atoms with E-state index in [4.69, 9.17) is 19.9 Å². The number of benzene rings is 2. The average molecular weight is 426 g/mol. The number of nitrogens with zero attached hydrogens (tertiary/aromatic N) is 1. The molecular formula is C22H26N4O5. The Morgan fingerprint density at radius 1 is 1.16 bits per heavy atom. The topological polar surface area (TPSA) is 124 Å². The summed E-state index contributed by atoms with van der Waals surface area (Å²) in [4.78, 5) is 24.2. The van der Waals surface area contributed by atoms with E-state index in [9.17, 15) is 9.59 Å². The fraction of sp³-hybridized carbons (Fsp3) is 0.318. The Morgan fingerprint density at radius 3 is 2.55 bits per heavy atom. The van der Waals surface area contributed by atoms with Gasteiger partial charge in [-0.3, -0.25) is 4.79 Å². The molecule has 0 saturated heterocycles. The molecular weight excluding hydrogens is 400 g/mol. The summed E-state index contributed by atoms with van der Waals surface area (Å²) in [5, 5.41) is 7.11. The average Bonchev–Trinajstić information content (AvgIpc) is 3.22. The minimum Gasteiger partial charge on any atom is -0.469 e. The molecule has 0 atom stereocenters. The molecule has 2 aromatic carbocycles. The highest BCUT2D eigenvalue weighted by molar-refractivity contribution is 6.14. The van der Waals surface area contributed by atoms with E-state index >= 15 is 0 Å². The highest BCUT2D eigenvalue weighted by Gasteiger charge is 2.22. The van der Waals surface area contributed by atoms with Gasteiger partial charge in [0.25, 0.3) is 0 Å². The van der Waals surface area contributed by atoms with E-state index in [1.165, 1.54) is 7.11 Å². The highest BCUT2D eigenvalue weighted by Crippen LogP contribution is 2.36. The molecule has 0 radical (unpaired) electrons. The van der Waals surface area contributed by atoms with Gasteiger partial charge >= 0.3 is 12.0 Å². The van der Waals surface area contributed by atoms with Crippen molar-refractivity contribution >= 4 is 23.4 Å². The van der Waals surface area contributed by atoms with Gasteiger partial charge in [-0.1, -0.05) is 25.5 Å². The van der Waals surface area contributed by atoms with Gasteiger partial charge in [0.2, 0.25) is 6.79 Å². The number of carbonyl (C=O) groups is 2. The maximum Gasteiger partial charge on any atom is 0.335 e. The molecule has 1 heterocycles. The number of nitrogens with two attached hydrogens (primary N) is 1. The molecule has 164 valence electrons. The number of rotatable bonds is 8. The predicted molar refractivity (Wildman–Crippen MR) is 116 cm³/mol. The molecule has 0 bridgehead atoms. The zero-order valence-electron chi connectivity index (χ0n) is 17.6. The summed E-state index contributed by atoms with van der Waals surface area (Å²) in [5.41, 5.74) is 11.3. The lowest BCUT2D eigenvalue weighted by molar-refractivity contribution is -0.139. The van der Waals surface area contributed by atoms with Gasteiger partial charge in [0.15, 0.2) is 11.5 Å². The third-order valence-electron chi connectivity index (χ3n) is 4.69. The largest absolute Gasteiger partial charge is 0.469 e. The Bertz CT molecular complexity index is 973. The second-order valence-electron chi connectivity index (χ2n) is 6.92. The van der Waals surface area contributed by atoms with Crippen LogP contribution in [0.5, 0.6) is 11.5 Å². The lowest BCUT2D eigenvalue weighted by Gasteiger charge is -2.14. The molecule has 2 amide bonds. The first kappa shape index (κ1) is 21.9. The normalized spacial score (nSPS) is 12.4. The van der Waals surface area contributed by atoms with Gasteiger partial charge < -0.3 is 25.3 Å². The number of nitrogen functional groups attached to an aromatic ring is 1. The number of urea groups is 1. The number of hydrogen-bond donors (Lipinski definition) is 3. The number of esters is 1. The SMILES string of the molecule is CCCCNC(=O)N/N=C(\c1ccc(N)cc1)c1cc2c(cc1CC(=O)OC)OCO2. The fourth-order valence-corrected chi connectivity index (χ4v) is 3.02. The second-order valence-corrected chi connectivity index (χ2v) is 6.92. The van der Waals surface area contributed by atoms with Crippen molar-refractivity contribution in [1.29, 1.82) is 0 Å². The summed E-state index contributed by atoms with van der Waals surface area (Å²) in [6.07, 6.45) is 1.83. The van der Waals surface area contributed by atoms with E-state index in [0.717, 1.165) is 12.8 Å². The number of ether oxygens (including phenoxy) is 3. The van der Waals surface area contributed by atoms with Crippen LogP contribution in [-0.2, 0) is 16.0 Å². The molecule has 0 aliphatic carbocycles. The minimum atomic E-state index is -0.420. The monoisotopic (exact) mass is 426 g/mol. The minimum absolute atomic E-state index is 0.000831. The van der Waals surface area contributed by atoms with Crippen molar-refractivity contribution in [3.63, 3.8) is 0 Å². The van der Waals surface area contributed by atoms with Crippen LogP contribution in [0.3, 0.4) is 0 Å². The molecule has 1 aliphatic heterocycles. The molecule has 9 heteroatoms. The number of methoxy groups -OCH3 is 1. The van der Waals surface area contributed by atoms with E-state index in [1.54, 1.807) is 36.4 Å². The molecule has 9 nitrogen and oxygen atoms in total. The summed E-state index contributed by atoms with van der Waals surface area (Å²) < 4.78 is 15.8. The van der Waals surface area contributed by atoms with Gasteiger partial charge in [-0.15, -0.1) is 0 Å². The molecule has 2 aromatic rings. The van der Waals surface area contributed by atoms with Gasteiger partial charge in [-0.25, -0.2) is 10.2 Å². The quantitative estimate of drug-likeness (QED) is 0.196. The summed E-state index contributed by atoms with van der Waals surface area (Å²) in [7, 11) is 1.33. The van der Waals surface area contributed by atoms with Crippen LogP contribution >= 0.6 is 0 Å². The predicted octanol–water partition coefficient (Wildman–Crippen LogP) is 2.56. The van der Waals surface area contributed by atoms with Crippen molar-refractivity contribution in [2.45, 2.75) is 26.2 Å². The van der Waals surface area contributed by atoms with E-state index in [1.807, 2.05) is 6.92 Å². The molecule has 4 N–H and O–H groups in total. The number of hydrazone groups is 1. The third-order valence-corrected chi connectivity index (χ3v) is 4.69. The molecule has 1 aliphatic rings. The molecule has 0 spiro atoms. The van der Waals surface area contributed by atoms with Crippen LogP contribution in [0, 0.1) is 0 Å². The van der Waals surface area contributed by atoms with Gasteiger partial charge in [0.05, 0.1) is 19.2 Å². The van der Waals surface area contributed by atoms with Crippen molar-refractivity contribution < 1.29 is 23.8 Å². The second kappa shape index (κ2) is 10.3. The zero-order valence-corrected chi connectivity index (χ0v) is 17.6. The number of unbranched alkanes of at least 4 members (excludes halogenated alkanes) is 1. The van der Waals surface area contributed by atoms with E-state index in [0.29, 0.717) is 46.1 Å². The molecule has 3 rings (SSSR count). The number of amides is 2. The van der Waals surface area contributed by atoms with Crippen molar-refractivity contribution in [3.8, 4) is 11.5 Å². The summed E-state index contributed by atoms with van der Waals surface area (Å²) >= 11 is 0. The Kier molecular flexibility index (Phi) is 7.31. The summed E-state index contributed by atoms with van der Waals surface area (Å²) in [6.45, 7) is 2.68. The maximum absolute atomic E-state index is 12.2. The van der Waals surface area contributed by atoms with Gasteiger partial charge in [-0.2, -0.15) is 5.10 Å². The van der Waals surface area contributed by atoms with Crippen molar-refractivity contribution in [1.82, 2.24) is 10.7 Å². The van der Waals surface area contributed by atoms with Crippen LogP contribution in [0.15, 0.2) is 41.5 Å². The van der Waals surface area contributed by atoms with Crippen LogP contribution < -0.4 is 25.9 Å². The van der Waals surface area contributed by atoms with E-state index < -0.39 is 12.0 Å². The van der Waals surface area contributed by atoms with Crippen LogP contribution in [0.2, 0.25) is 0 Å². The Hall–Kier alpha value is -3.75. The maximum atomic E-state index is 12.2.